The summed E-state index contributed by atoms with van der Waals surface area (Å²) in [5.74, 6) is 1.17. The molecule has 0 bridgehead atoms. The molecule has 5 heteroatoms. The van der Waals surface area contributed by atoms with E-state index in [1.807, 2.05) is 32.0 Å². The number of aromatic nitrogens is 3. The maximum atomic E-state index is 9.07. The summed E-state index contributed by atoms with van der Waals surface area (Å²) in [6.45, 7) is 3.80. The van der Waals surface area contributed by atoms with Crippen molar-refractivity contribution in [2.45, 2.75) is 26.2 Å². The lowest BCUT2D eigenvalue weighted by Gasteiger charge is -2.01. The second kappa shape index (κ2) is 4.82. The molecule has 5 nitrogen and oxygen atoms in total. The number of aryl methyl sites for hydroxylation is 1. The third-order valence-corrected chi connectivity index (χ3v) is 3.30. The molecule has 2 aromatic heterocycles. The molecule has 0 fully saturated rings. The van der Waals surface area contributed by atoms with Crippen LogP contribution in [-0.2, 0) is 0 Å². The first kappa shape index (κ1) is 12.4. The van der Waals surface area contributed by atoms with Gasteiger partial charge in [-0.1, -0.05) is 6.92 Å². The van der Waals surface area contributed by atoms with Gasteiger partial charge in [0.25, 0.3) is 0 Å². The number of hydrogen-bond acceptors (Lipinski definition) is 4. The van der Waals surface area contributed by atoms with E-state index in [9.17, 15) is 0 Å². The summed E-state index contributed by atoms with van der Waals surface area (Å²) < 4.78 is 5.46. The van der Waals surface area contributed by atoms with Gasteiger partial charge in [0.05, 0.1) is 18.0 Å². The minimum Gasteiger partial charge on any atom is -0.441 e. The molecule has 2 heterocycles. The molecular formula is C15H14N4O. The Bertz CT molecular complexity index is 794. The van der Waals surface area contributed by atoms with Gasteiger partial charge in [0.2, 0.25) is 0 Å². The molecule has 0 aliphatic rings. The zero-order valence-electron chi connectivity index (χ0n) is 11.3. The van der Waals surface area contributed by atoms with Gasteiger partial charge in [0, 0.05) is 12.5 Å². The molecule has 1 unspecified atom stereocenters. The fourth-order valence-corrected chi connectivity index (χ4v) is 2.22. The van der Waals surface area contributed by atoms with Crippen molar-refractivity contribution in [2.24, 2.45) is 0 Å². The second-order valence-corrected chi connectivity index (χ2v) is 4.69. The fraction of sp³-hybridized carbons (Fsp3) is 0.267. The quantitative estimate of drug-likeness (QED) is 0.786. The Hall–Kier alpha value is -2.61. The Morgan fingerprint density at radius 2 is 2.30 bits per heavy atom. The van der Waals surface area contributed by atoms with Crippen molar-refractivity contribution in [1.29, 1.82) is 5.26 Å². The third kappa shape index (κ3) is 2.05. The highest BCUT2D eigenvalue weighted by Gasteiger charge is 2.13. The lowest BCUT2D eigenvalue weighted by molar-refractivity contribution is 0.561. The van der Waals surface area contributed by atoms with Crippen LogP contribution in [0.3, 0.4) is 0 Å². The number of nitrogens with one attached hydrogen (secondary N) is 1. The van der Waals surface area contributed by atoms with Crippen LogP contribution in [-0.4, -0.2) is 15.0 Å². The summed E-state index contributed by atoms with van der Waals surface area (Å²) in [5, 5.41) is 9.07. The lowest BCUT2D eigenvalue weighted by Crippen LogP contribution is -1.95. The zero-order chi connectivity index (χ0) is 14.1. The van der Waals surface area contributed by atoms with E-state index in [-0.39, 0.29) is 5.92 Å². The van der Waals surface area contributed by atoms with Crippen molar-refractivity contribution in [3.8, 4) is 17.3 Å². The lowest BCUT2D eigenvalue weighted by atomic mass is 10.1. The van der Waals surface area contributed by atoms with E-state index in [2.05, 4.69) is 21.0 Å². The number of rotatable bonds is 3. The first-order valence-electron chi connectivity index (χ1n) is 6.53. The average Bonchev–Trinajstić information content (AvgIpc) is 3.05. The number of aromatic amines is 1. The molecule has 1 aromatic carbocycles. The Morgan fingerprint density at radius 1 is 1.45 bits per heavy atom. The van der Waals surface area contributed by atoms with Crippen LogP contribution in [0.2, 0.25) is 0 Å². The monoisotopic (exact) mass is 266 g/mol. The van der Waals surface area contributed by atoms with Crippen LogP contribution < -0.4 is 0 Å². The normalized spacial score (nSPS) is 12.4. The number of benzene rings is 1. The third-order valence-electron chi connectivity index (χ3n) is 3.30. The molecule has 20 heavy (non-hydrogen) atoms. The minimum atomic E-state index is -0.193. The SMILES string of the molecule is CCC(C#N)c1ncc(-c2ccc3oc(C)nc3c2)[nH]1. The minimum absolute atomic E-state index is 0.193. The summed E-state index contributed by atoms with van der Waals surface area (Å²) in [7, 11) is 0. The number of imidazole rings is 1. The van der Waals surface area contributed by atoms with Crippen LogP contribution in [0.1, 0.15) is 31.0 Å². The molecule has 0 radical (unpaired) electrons. The smallest absolute Gasteiger partial charge is 0.192 e. The standard InChI is InChI=1S/C15H14N4O/c1-3-10(7-16)15-17-8-13(19-15)11-4-5-14-12(6-11)18-9(2)20-14/h4-6,8,10H,3H2,1-2H3,(H,17,19). The molecule has 0 saturated heterocycles. The van der Waals surface area contributed by atoms with Gasteiger partial charge in [-0.2, -0.15) is 5.26 Å². The van der Waals surface area contributed by atoms with Gasteiger partial charge >= 0.3 is 0 Å². The molecule has 3 rings (SSSR count). The summed E-state index contributed by atoms with van der Waals surface area (Å²) >= 11 is 0. The molecule has 0 aliphatic carbocycles. The molecule has 1 atom stereocenters. The topological polar surface area (TPSA) is 78.5 Å². The van der Waals surface area contributed by atoms with Gasteiger partial charge in [0.15, 0.2) is 11.5 Å². The first-order valence-corrected chi connectivity index (χ1v) is 6.53. The fourth-order valence-electron chi connectivity index (χ4n) is 2.22. The first-order chi connectivity index (χ1) is 9.71. The van der Waals surface area contributed by atoms with Crippen LogP contribution in [0, 0.1) is 18.3 Å². The highest BCUT2D eigenvalue weighted by Crippen LogP contribution is 2.25. The average molecular weight is 266 g/mol. The van der Waals surface area contributed by atoms with E-state index >= 15 is 0 Å². The van der Waals surface area contributed by atoms with Crippen molar-refractivity contribution in [3.63, 3.8) is 0 Å². The second-order valence-electron chi connectivity index (χ2n) is 4.69. The number of fused-ring (bicyclic) bond motifs is 1. The molecule has 0 saturated carbocycles. The van der Waals surface area contributed by atoms with Crippen LogP contribution in [0.25, 0.3) is 22.4 Å². The highest BCUT2D eigenvalue weighted by atomic mass is 16.3. The van der Waals surface area contributed by atoms with E-state index < -0.39 is 0 Å². The van der Waals surface area contributed by atoms with Crippen LogP contribution in [0.5, 0.6) is 0 Å². The molecule has 0 aliphatic heterocycles. The Balaban J connectivity index is 2.00. The van der Waals surface area contributed by atoms with Gasteiger partial charge in [0.1, 0.15) is 17.3 Å². The van der Waals surface area contributed by atoms with Gasteiger partial charge in [-0.05, 0) is 24.6 Å². The number of nitriles is 1. The van der Waals surface area contributed by atoms with Crippen molar-refractivity contribution in [3.05, 3.63) is 36.1 Å². The highest BCUT2D eigenvalue weighted by molar-refractivity contribution is 5.79. The van der Waals surface area contributed by atoms with Crippen LogP contribution >= 0.6 is 0 Å². The van der Waals surface area contributed by atoms with E-state index in [1.54, 1.807) is 6.20 Å². The van der Waals surface area contributed by atoms with Crippen LogP contribution in [0.4, 0.5) is 0 Å². The number of hydrogen-bond donors (Lipinski definition) is 1. The van der Waals surface area contributed by atoms with E-state index in [1.165, 1.54) is 0 Å². The molecule has 1 N–H and O–H groups in total. The Morgan fingerprint density at radius 3 is 3.05 bits per heavy atom. The predicted molar refractivity (Wildman–Crippen MR) is 75.0 cm³/mol. The zero-order valence-corrected chi connectivity index (χ0v) is 11.3. The Kier molecular flexibility index (Phi) is 2.99. The van der Waals surface area contributed by atoms with Gasteiger partial charge in [-0.25, -0.2) is 9.97 Å². The van der Waals surface area contributed by atoms with E-state index in [4.69, 9.17) is 9.68 Å². The van der Waals surface area contributed by atoms with Crippen molar-refractivity contribution >= 4 is 11.1 Å². The van der Waals surface area contributed by atoms with Gasteiger partial charge in [-0.3, -0.25) is 0 Å². The van der Waals surface area contributed by atoms with Gasteiger partial charge < -0.3 is 9.40 Å². The largest absolute Gasteiger partial charge is 0.441 e. The number of oxazole rings is 1. The maximum Gasteiger partial charge on any atom is 0.192 e. The van der Waals surface area contributed by atoms with Crippen LogP contribution in [0.15, 0.2) is 28.8 Å². The van der Waals surface area contributed by atoms with Crippen molar-refractivity contribution in [2.75, 3.05) is 0 Å². The van der Waals surface area contributed by atoms with E-state index in [0.29, 0.717) is 11.7 Å². The molecule has 3 aromatic rings. The number of H-pyrrole nitrogens is 1. The summed E-state index contributed by atoms with van der Waals surface area (Å²) in [6, 6.07) is 8.05. The summed E-state index contributed by atoms with van der Waals surface area (Å²) in [4.78, 5) is 11.8. The number of nitrogens with zero attached hydrogens (tertiary/aromatic N) is 3. The van der Waals surface area contributed by atoms with Crippen molar-refractivity contribution in [1.82, 2.24) is 15.0 Å². The van der Waals surface area contributed by atoms with Gasteiger partial charge in [-0.15, -0.1) is 0 Å². The molecular weight excluding hydrogens is 252 g/mol. The molecule has 100 valence electrons. The maximum absolute atomic E-state index is 9.07. The summed E-state index contributed by atoms with van der Waals surface area (Å²) in [5.41, 5.74) is 3.46. The van der Waals surface area contributed by atoms with Crippen molar-refractivity contribution < 1.29 is 4.42 Å². The summed E-state index contributed by atoms with van der Waals surface area (Å²) in [6.07, 6.45) is 2.49. The van der Waals surface area contributed by atoms with E-state index in [0.717, 1.165) is 28.8 Å². The Labute approximate surface area is 116 Å². The molecule has 0 spiro atoms. The predicted octanol–water partition coefficient (Wildman–Crippen LogP) is 3.54. The molecule has 0 amide bonds.